The van der Waals surface area contributed by atoms with Gasteiger partial charge in [0.1, 0.15) is 48.3 Å². The fourth-order valence-corrected chi connectivity index (χ4v) is 14.1. The highest BCUT2D eigenvalue weighted by Crippen LogP contribution is 2.31. The molecule has 24 nitrogen and oxygen atoms in total. The Balaban J connectivity index is 0.978. The van der Waals surface area contributed by atoms with E-state index < -0.39 is 143 Å². The van der Waals surface area contributed by atoms with Gasteiger partial charge in [0, 0.05) is 62.7 Å². The highest BCUT2D eigenvalue weighted by Gasteiger charge is 2.48. The number of aliphatic carboxylic acids is 2. The van der Waals surface area contributed by atoms with Gasteiger partial charge in [-0.3, -0.25) is 47.9 Å². The summed E-state index contributed by atoms with van der Waals surface area (Å²) >= 11 is 0. The average molecular weight is 1470 g/mol. The van der Waals surface area contributed by atoms with Gasteiger partial charge in [-0.2, -0.15) is 0 Å². The number of benzene rings is 7. The molecule has 2 fully saturated rings. The summed E-state index contributed by atoms with van der Waals surface area (Å²) < 4.78 is 12.4. The van der Waals surface area contributed by atoms with Crippen molar-refractivity contribution in [1.82, 2.24) is 47.0 Å². The van der Waals surface area contributed by atoms with E-state index in [0.29, 0.717) is 28.0 Å². The molecule has 6 aliphatic rings. The Morgan fingerprint density at radius 2 is 1.11 bits per heavy atom. The van der Waals surface area contributed by atoms with Gasteiger partial charge >= 0.3 is 11.9 Å². The molecule has 24 heteroatoms. The zero-order valence-corrected chi connectivity index (χ0v) is 62.0. The van der Waals surface area contributed by atoms with E-state index in [1.54, 1.807) is 103 Å². The van der Waals surface area contributed by atoms with Crippen molar-refractivity contribution in [2.24, 2.45) is 17.3 Å². The minimum atomic E-state index is -1.50. The lowest BCUT2D eigenvalue weighted by molar-refractivity contribution is -0.145. The first-order valence-electron chi connectivity index (χ1n) is 36.8. The van der Waals surface area contributed by atoms with Crippen molar-refractivity contribution in [2.45, 2.75) is 153 Å². The number of carboxylic acid groups (broad SMARTS) is 2. The summed E-state index contributed by atoms with van der Waals surface area (Å²) in [5, 5.41) is 45.3. The maximum atomic E-state index is 15.2. The second-order valence-electron chi connectivity index (χ2n) is 29.5. The van der Waals surface area contributed by atoms with Gasteiger partial charge in [0.2, 0.25) is 35.4 Å². The Morgan fingerprint density at radius 3 is 1.71 bits per heavy atom. The molecule has 13 rings (SSSR count). The maximum absolute atomic E-state index is 15.2. The van der Waals surface area contributed by atoms with Crippen molar-refractivity contribution in [2.75, 3.05) is 40.4 Å². The molecule has 6 heterocycles. The number of Topliss-reactive ketones (excluding diaryl/α,β-unsaturated/α-hetero) is 2. The third-order valence-corrected chi connectivity index (χ3v) is 20.6. The predicted octanol–water partition coefficient (Wildman–Crippen LogP) is 6.66. The van der Waals surface area contributed by atoms with Crippen LogP contribution in [0.15, 0.2) is 176 Å². The monoisotopic (exact) mass is 1470 g/mol. The number of carboxylic acids is 2. The fourth-order valence-electron chi connectivity index (χ4n) is 14.1. The number of carbonyl (C=O) groups excluding carboxylic acids is 9. The Labute approximate surface area is 628 Å². The molecule has 568 valence electrons. The van der Waals surface area contributed by atoms with Gasteiger partial charge in [-0.15, -0.1) is 0 Å². The van der Waals surface area contributed by atoms with Crippen LogP contribution in [0.1, 0.15) is 98.5 Å². The zero-order valence-electron chi connectivity index (χ0n) is 62.0. The van der Waals surface area contributed by atoms with E-state index in [1.807, 2.05) is 109 Å². The summed E-state index contributed by atoms with van der Waals surface area (Å²) in [6.45, 7) is 8.39. The van der Waals surface area contributed by atoms with Crippen LogP contribution in [0, 0.1) is 17.3 Å². The second kappa shape index (κ2) is 36.6. The molecule has 0 unspecified atom stereocenters. The number of ketones is 2. The number of rotatable bonds is 17. The topological polar surface area (TPSA) is 337 Å². The number of amides is 7. The van der Waals surface area contributed by atoms with Gasteiger partial charge in [0.05, 0.1) is 36.8 Å². The Morgan fingerprint density at radius 1 is 0.556 bits per heavy atom. The fraction of sp³-hybridized carbons (Fsp3) is 0.393. The molecule has 0 aliphatic carbocycles. The van der Waals surface area contributed by atoms with E-state index >= 15 is 24.0 Å². The molecule has 108 heavy (non-hydrogen) atoms. The zero-order chi connectivity index (χ0) is 77.3. The smallest absolute Gasteiger partial charge is 0.326 e. The highest BCUT2D eigenvalue weighted by atomic mass is 16.5. The van der Waals surface area contributed by atoms with Crippen LogP contribution < -0.4 is 42.0 Å². The van der Waals surface area contributed by atoms with E-state index in [9.17, 15) is 39.0 Å². The van der Waals surface area contributed by atoms with Gasteiger partial charge in [0.15, 0.2) is 5.78 Å². The number of nitrogens with one attached hydrogen (secondary N) is 7. The van der Waals surface area contributed by atoms with Crippen LogP contribution in [0.2, 0.25) is 0 Å². The molecule has 0 radical (unpaired) electrons. The number of hydrogen-bond acceptors (Lipinski definition) is 15. The molecule has 7 amide bonds. The quantitative estimate of drug-likeness (QED) is 0.0430. The number of hydrogen-bond donors (Lipinski definition) is 9. The Kier molecular flexibility index (Phi) is 27.0. The van der Waals surface area contributed by atoms with Crippen LogP contribution >= 0.6 is 0 Å². The lowest BCUT2D eigenvalue weighted by Crippen LogP contribution is -2.61. The number of fused-ring (bicyclic) bond motifs is 2. The van der Waals surface area contributed by atoms with Gasteiger partial charge in [-0.1, -0.05) is 166 Å². The average Bonchev–Trinajstić information content (AvgIpc) is 1.62. The van der Waals surface area contributed by atoms with Crippen molar-refractivity contribution in [3.8, 4) is 5.75 Å². The van der Waals surface area contributed by atoms with E-state index in [0.717, 1.165) is 27.1 Å². The molecule has 0 saturated carbocycles. The van der Waals surface area contributed by atoms with E-state index in [2.05, 4.69) is 37.2 Å². The summed E-state index contributed by atoms with van der Waals surface area (Å²) in [7, 11) is 3.24. The molecule has 9 N–H and O–H groups in total. The highest BCUT2D eigenvalue weighted by molar-refractivity contribution is 5.99. The summed E-state index contributed by atoms with van der Waals surface area (Å²) in [6, 6.07) is 38.0. The number of nitrogens with zero attached hydrogens (tertiary/aromatic N) is 2. The van der Waals surface area contributed by atoms with Gasteiger partial charge in [0.25, 0.3) is 5.91 Å². The number of likely N-dealkylation sites (tertiary alicyclic amines) is 2. The van der Waals surface area contributed by atoms with Crippen LogP contribution in [0.3, 0.4) is 0 Å². The molecule has 0 aromatic heterocycles. The normalized spacial score (nSPS) is 22.3. The number of carbonyl (C=O) groups is 11. The minimum Gasteiger partial charge on any atom is -0.490 e. The first-order chi connectivity index (χ1) is 51.7. The van der Waals surface area contributed by atoms with Crippen LogP contribution in [0.25, 0.3) is 21.5 Å². The Hall–Kier alpha value is -10.9. The number of likely N-dealkylation sites (N-methyl/N-ethyl adjacent to an activating group) is 2. The summed E-state index contributed by atoms with van der Waals surface area (Å²) in [5.41, 5.74) is 2.23. The maximum Gasteiger partial charge on any atom is 0.326 e. The van der Waals surface area contributed by atoms with Crippen LogP contribution in [-0.4, -0.2) is 186 Å². The molecule has 7 aromatic carbocycles. The molecule has 6 aliphatic heterocycles. The Bertz CT molecular complexity index is 4450. The van der Waals surface area contributed by atoms with Crippen LogP contribution in [0.5, 0.6) is 5.75 Å². The van der Waals surface area contributed by atoms with Crippen molar-refractivity contribution in [3.05, 3.63) is 209 Å². The summed E-state index contributed by atoms with van der Waals surface area (Å²) in [5.74, 6) is -9.85. The van der Waals surface area contributed by atoms with Crippen molar-refractivity contribution in [1.29, 1.82) is 0 Å². The standard InChI is InChI=1S/C84H97N9O15/c1-50(85-6)72(94)44-62(37-52-17-9-8-10-18-52)80(101)93-49-66-47-71(93)79(100)88-67(42-55-25-29-57-19-11-13-21-60(57)39-55)73(95)45-63(82(103)104)38-53-23-31-59(32-24-53)76(97)87-64-46-70(92(48-64)81(102)74(84(3,4)5)91-75(96)51(2)86-7)78(99)89-68(43-56-26-30-58-20-12-14-22-61(58)40-56)77(98)90-69(83(105)106)41-54-27-33-65(34-28-54)107-35-15-16-36-108-66/h8-34,39-40,50-51,62-64,66-71,74,85-86H,35-38,41-49H2,1-7H3,(H,87,97)(H,88,100)(H,89,99)(H,90,98)(H,91,96)(H,103,104)(H,105,106)/b16-15+/t50-,51-,62+,63+,64-,66-,67-,68-,69-,70-,71-,74+/m0/s1. The molecule has 0 spiro atoms. The molecular weight excluding hydrogens is 1370 g/mol. The third-order valence-electron chi connectivity index (χ3n) is 20.6. The summed E-state index contributed by atoms with van der Waals surface area (Å²) in [4.78, 5) is 162. The van der Waals surface area contributed by atoms with Crippen LogP contribution in [0.4, 0.5) is 0 Å². The van der Waals surface area contributed by atoms with Crippen LogP contribution in [-0.2, 0) is 84.8 Å². The largest absolute Gasteiger partial charge is 0.490 e. The number of ether oxygens (including phenoxy) is 2. The third kappa shape index (κ3) is 21.0. The van der Waals surface area contributed by atoms with Crippen molar-refractivity contribution >= 4 is 86.4 Å². The molecule has 8 bridgehead atoms. The molecule has 2 saturated heterocycles. The lowest BCUT2D eigenvalue weighted by Gasteiger charge is -2.36. The first-order valence-corrected chi connectivity index (χ1v) is 36.8. The molecule has 7 aromatic rings. The van der Waals surface area contributed by atoms with E-state index in [-0.39, 0.29) is 89.0 Å². The minimum absolute atomic E-state index is 0.000342. The van der Waals surface area contributed by atoms with Crippen molar-refractivity contribution in [3.63, 3.8) is 0 Å². The molecular formula is C84H97N9O15. The van der Waals surface area contributed by atoms with E-state index in [1.165, 1.54) is 21.9 Å². The van der Waals surface area contributed by atoms with Gasteiger partial charge < -0.3 is 66.7 Å². The van der Waals surface area contributed by atoms with E-state index in [4.69, 9.17) is 9.47 Å². The van der Waals surface area contributed by atoms with Gasteiger partial charge in [-0.05, 0) is 139 Å². The van der Waals surface area contributed by atoms with Gasteiger partial charge in [-0.25, -0.2) is 4.79 Å². The predicted molar refractivity (Wildman–Crippen MR) is 407 cm³/mol. The lowest BCUT2D eigenvalue weighted by atomic mass is 9.85. The SMILES string of the molecule is CN[C@@H](C)C(=O)C[C@@H](Cc1ccccc1)C(=O)N1C[C@@H]2C[C@H]1C(=O)N[C@@H](Cc1ccc3ccccc3c1)C(=O)C[C@H](C(=O)O)Cc1ccc(cc1)C(=O)N[C@H]1C[C@@H](C(=O)N[C@@H](Cc3ccc4ccccc4c3)C(=O)N[C@H](C(=O)O)Cc3ccc(cc3)OC/C=C/CO2)N(C(=O)[C@@H](NC(=O)[C@H](C)NC)C(C)(C)C)C1. The molecule has 12 atom stereocenters. The second-order valence-corrected chi connectivity index (χ2v) is 29.5. The first kappa shape index (κ1) is 79.6. The summed E-state index contributed by atoms with van der Waals surface area (Å²) in [6.07, 6.45) is 1.50. The van der Waals surface area contributed by atoms with Crippen molar-refractivity contribution < 1.29 is 72.4 Å².